The molecule has 2 rings (SSSR count). The monoisotopic (exact) mass is 473 g/mol. The third kappa shape index (κ3) is 13.5. The van der Waals surface area contributed by atoms with Crippen molar-refractivity contribution < 1.29 is 18.7 Å². The molecule has 0 aliphatic carbocycles. The first-order chi connectivity index (χ1) is 11.7. The van der Waals surface area contributed by atoms with Crippen LogP contribution in [-0.4, -0.2) is 14.2 Å². The van der Waals surface area contributed by atoms with Crippen molar-refractivity contribution in [1.29, 1.82) is 10.8 Å². The molecule has 0 aliphatic rings. The van der Waals surface area contributed by atoms with Crippen LogP contribution in [0.15, 0.2) is 48.5 Å². The van der Waals surface area contributed by atoms with E-state index in [1.54, 1.807) is 62.8 Å². The summed E-state index contributed by atoms with van der Waals surface area (Å²) in [6.45, 7) is 0. The van der Waals surface area contributed by atoms with Crippen LogP contribution in [0.1, 0.15) is 0 Å². The molecular formula is C14H14Cl4CuN4O2. The molecular weight excluding hydrogens is 462 g/mol. The Morgan fingerprint density at radius 1 is 0.680 bits per heavy atom. The van der Waals surface area contributed by atoms with Crippen LogP contribution in [-0.2, 0) is 9.20 Å². The fraction of sp³-hybridized carbons (Fsp3) is 0.143. The van der Waals surface area contributed by atoms with Gasteiger partial charge in [-0.3, -0.25) is 0 Å². The van der Waals surface area contributed by atoms with Crippen molar-refractivity contribution >= 4 is 51.8 Å². The molecule has 0 spiro atoms. The molecule has 25 heavy (non-hydrogen) atoms. The quantitative estimate of drug-likeness (QED) is 0.342. The van der Waals surface area contributed by atoms with Gasteiger partial charge in [-0.15, -0.1) is 0 Å². The standard InChI is InChI=1S/2C7H7N2O.4ClH.Cu/c2*1-10-7-4-2-6(9-8)3-5-7;;;;;/h2*2-5H,1H3;4*1H;/q2*+1;;;;;+2/p-4. The molecule has 0 bridgehead atoms. The van der Waals surface area contributed by atoms with E-state index in [9.17, 15) is 0 Å². The predicted molar refractivity (Wildman–Crippen MR) is 98.9 cm³/mol. The van der Waals surface area contributed by atoms with Gasteiger partial charge in [-0.1, -0.05) is 0 Å². The van der Waals surface area contributed by atoms with Crippen molar-refractivity contribution in [2.24, 2.45) is 0 Å². The van der Waals surface area contributed by atoms with Crippen LogP contribution < -0.4 is 9.47 Å². The second kappa shape index (κ2) is 12.9. The molecule has 11 heteroatoms. The number of ether oxygens (including phenoxy) is 2. The molecule has 0 amide bonds. The summed E-state index contributed by atoms with van der Waals surface area (Å²) in [5, 5.41) is 16.6. The number of diazo groups is 2. The first kappa shape index (κ1) is 23.6. The average Bonchev–Trinajstić information content (AvgIpc) is 2.61. The summed E-state index contributed by atoms with van der Waals surface area (Å²) in [6, 6.07) is 13.6. The van der Waals surface area contributed by atoms with Crippen LogP contribution in [0.5, 0.6) is 11.5 Å². The minimum atomic E-state index is -2.24. The zero-order chi connectivity index (χ0) is 19.3. The molecule has 0 aliphatic heterocycles. The SMILES string of the molecule is COc1ccc([N+]#N)cc1.COc1ccc([N+]#N)cc1.[Cl][Cu-2]([Cl])([Cl])[Cl]. The van der Waals surface area contributed by atoms with Crippen LogP contribution in [0.4, 0.5) is 11.4 Å². The number of methoxy groups -OCH3 is 2. The fourth-order valence-electron chi connectivity index (χ4n) is 1.30. The van der Waals surface area contributed by atoms with Gasteiger partial charge in [0, 0.05) is 24.3 Å². The van der Waals surface area contributed by atoms with Crippen molar-refractivity contribution in [1.82, 2.24) is 0 Å². The number of benzene rings is 2. The van der Waals surface area contributed by atoms with Gasteiger partial charge in [0.05, 0.1) is 14.2 Å². The van der Waals surface area contributed by atoms with Crippen molar-refractivity contribution in [3.8, 4) is 11.5 Å². The maximum absolute atomic E-state index is 8.29. The third-order valence-electron chi connectivity index (χ3n) is 2.38. The van der Waals surface area contributed by atoms with E-state index in [2.05, 4.69) is 9.95 Å². The van der Waals surface area contributed by atoms with Crippen molar-refractivity contribution in [2.45, 2.75) is 0 Å². The first-order valence-corrected chi connectivity index (χ1v) is 11.4. The van der Waals surface area contributed by atoms with Crippen LogP contribution >= 0.6 is 40.4 Å². The Bertz CT molecular complexity index is 647. The summed E-state index contributed by atoms with van der Waals surface area (Å²) in [5.74, 6) is 1.51. The summed E-state index contributed by atoms with van der Waals surface area (Å²) in [4.78, 5) is 5.98. The second-order valence-corrected chi connectivity index (χ2v) is 13.2. The number of hydrogen-bond donors (Lipinski definition) is 0. The van der Waals surface area contributed by atoms with Crippen molar-refractivity contribution in [3.05, 3.63) is 58.5 Å². The van der Waals surface area contributed by atoms with E-state index in [0.717, 1.165) is 11.5 Å². The number of nitrogens with zero attached hydrogens (tertiary/aromatic N) is 4. The van der Waals surface area contributed by atoms with Gasteiger partial charge >= 0.3 is 61.0 Å². The normalized spacial score (nSPS) is 9.76. The zero-order valence-corrected chi connectivity index (χ0v) is 17.0. The summed E-state index contributed by atoms with van der Waals surface area (Å²) in [6.07, 6.45) is 0. The minimum absolute atomic E-state index is 0.529. The zero-order valence-electron chi connectivity index (χ0n) is 13.0. The van der Waals surface area contributed by atoms with Crippen LogP contribution in [0, 0.1) is 10.8 Å². The molecule has 0 N–H and O–H groups in total. The molecule has 0 saturated carbocycles. The molecule has 0 heterocycles. The van der Waals surface area contributed by atoms with Gasteiger partial charge < -0.3 is 9.47 Å². The van der Waals surface area contributed by atoms with E-state index >= 15 is 0 Å². The van der Waals surface area contributed by atoms with E-state index in [1.165, 1.54) is 0 Å². The van der Waals surface area contributed by atoms with E-state index in [0.29, 0.717) is 11.4 Å². The molecule has 0 radical (unpaired) electrons. The molecule has 141 valence electrons. The molecule has 0 unspecified atom stereocenters. The van der Waals surface area contributed by atoms with Gasteiger partial charge in [0.25, 0.3) is 0 Å². The molecule has 0 fully saturated rings. The van der Waals surface area contributed by atoms with E-state index in [-0.39, 0.29) is 0 Å². The van der Waals surface area contributed by atoms with Crippen molar-refractivity contribution in [3.63, 3.8) is 0 Å². The maximum atomic E-state index is 8.29. The Hall–Kier alpha value is -1.44. The van der Waals surface area contributed by atoms with Gasteiger partial charge in [0.1, 0.15) is 11.5 Å². The van der Waals surface area contributed by atoms with Gasteiger partial charge in [-0.05, 0) is 24.3 Å². The van der Waals surface area contributed by atoms with Gasteiger partial charge in [0.2, 0.25) is 10.8 Å². The number of rotatable bonds is 2. The van der Waals surface area contributed by atoms with E-state index < -0.39 is 9.20 Å². The topological polar surface area (TPSA) is 74.8 Å². The van der Waals surface area contributed by atoms with E-state index in [4.69, 9.17) is 60.7 Å². The van der Waals surface area contributed by atoms with Gasteiger partial charge in [-0.25, -0.2) is 0 Å². The number of hydrogen-bond acceptors (Lipinski definition) is 4. The van der Waals surface area contributed by atoms with E-state index in [1.807, 2.05) is 0 Å². The number of halogens is 4. The summed E-state index contributed by atoms with van der Waals surface area (Å²) in [5.41, 5.74) is 1.06. The fourth-order valence-corrected chi connectivity index (χ4v) is 1.30. The molecule has 0 atom stereocenters. The van der Waals surface area contributed by atoms with Crippen LogP contribution in [0.3, 0.4) is 0 Å². The molecule has 0 saturated heterocycles. The molecule has 0 aromatic heterocycles. The van der Waals surface area contributed by atoms with Crippen LogP contribution in [0.25, 0.3) is 9.95 Å². The van der Waals surface area contributed by atoms with Crippen molar-refractivity contribution in [2.75, 3.05) is 14.2 Å². The molecule has 2 aromatic rings. The third-order valence-corrected chi connectivity index (χ3v) is 2.38. The molecule has 2 aromatic carbocycles. The first-order valence-electron chi connectivity index (χ1n) is 6.17. The van der Waals surface area contributed by atoms with Crippen LogP contribution in [0.2, 0.25) is 0 Å². The predicted octanol–water partition coefficient (Wildman–Crippen LogP) is 7.12. The summed E-state index contributed by atoms with van der Waals surface area (Å²) < 4.78 is 9.78. The Kier molecular flexibility index (Phi) is 12.1. The Labute approximate surface area is 164 Å². The summed E-state index contributed by atoms with van der Waals surface area (Å²) in [7, 11) is 20.6. The molecule has 6 nitrogen and oxygen atoms in total. The second-order valence-electron chi connectivity index (χ2n) is 3.85. The Morgan fingerprint density at radius 2 is 0.920 bits per heavy atom. The van der Waals surface area contributed by atoms with Gasteiger partial charge in [0.15, 0.2) is 9.95 Å². The van der Waals surface area contributed by atoms with Gasteiger partial charge in [-0.2, -0.15) is 0 Å². The Morgan fingerprint density at radius 3 is 1.08 bits per heavy atom. The summed E-state index contributed by atoms with van der Waals surface area (Å²) >= 11 is 0. The Balaban J connectivity index is 0.000000368. The average molecular weight is 476 g/mol.